The molecule has 3 N–H and O–H groups in total. The van der Waals surface area contributed by atoms with Crippen LogP contribution in [0.15, 0.2) is 11.6 Å². The molecule has 0 amide bonds. The van der Waals surface area contributed by atoms with Gasteiger partial charge >= 0.3 is 0 Å². The number of aliphatic hydroxyl groups is 3. The van der Waals surface area contributed by atoms with E-state index in [9.17, 15) is 15.3 Å². The quantitative estimate of drug-likeness (QED) is 0.472. The first-order chi connectivity index (χ1) is 11.3. The summed E-state index contributed by atoms with van der Waals surface area (Å²) < 4.78 is 0. The van der Waals surface area contributed by atoms with Gasteiger partial charge in [0.1, 0.15) is 0 Å². The lowest BCUT2D eigenvalue weighted by atomic mass is 9.44. The van der Waals surface area contributed by atoms with Crippen molar-refractivity contribution in [2.75, 3.05) is 0 Å². The zero-order valence-corrected chi connectivity index (χ0v) is 14.8. The van der Waals surface area contributed by atoms with Crippen molar-refractivity contribution >= 4 is 0 Å². The Hall–Kier alpha value is -0.820. The second kappa shape index (κ2) is 5.34. The van der Waals surface area contributed by atoms with Crippen LogP contribution in [-0.2, 0) is 0 Å². The highest BCUT2D eigenvalue weighted by Gasteiger charge is 2.63. The van der Waals surface area contributed by atoms with Gasteiger partial charge in [-0.1, -0.05) is 25.5 Å². The fraction of sp³-hybridized carbons (Fsp3) is 0.810. The van der Waals surface area contributed by atoms with Gasteiger partial charge in [0.2, 0.25) is 0 Å². The zero-order chi connectivity index (χ0) is 17.3. The van der Waals surface area contributed by atoms with E-state index in [4.69, 9.17) is 6.42 Å². The van der Waals surface area contributed by atoms with Crippen molar-refractivity contribution in [2.24, 2.45) is 34.5 Å². The van der Waals surface area contributed by atoms with Crippen LogP contribution in [-0.4, -0.2) is 33.6 Å². The third kappa shape index (κ3) is 2.03. The zero-order valence-electron chi connectivity index (χ0n) is 14.8. The molecule has 132 valence electrons. The average molecular weight is 330 g/mol. The molecule has 0 radical (unpaired) electrons. The van der Waals surface area contributed by atoms with Crippen molar-refractivity contribution < 1.29 is 15.3 Å². The molecule has 0 aromatic heterocycles. The summed E-state index contributed by atoms with van der Waals surface area (Å²) in [6, 6.07) is 0. The summed E-state index contributed by atoms with van der Waals surface area (Å²) in [7, 11) is 0. The van der Waals surface area contributed by atoms with Gasteiger partial charge in [-0.15, -0.1) is 12.3 Å². The molecule has 9 atom stereocenters. The van der Waals surface area contributed by atoms with Gasteiger partial charge in [0.25, 0.3) is 0 Å². The first-order valence-corrected chi connectivity index (χ1v) is 9.53. The van der Waals surface area contributed by atoms with Gasteiger partial charge < -0.3 is 15.3 Å². The Morgan fingerprint density at radius 3 is 2.62 bits per heavy atom. The second-order valence-corrected chi connectivity index (χ2v) is 9.28. The largest absolute Gasteiger partial charge is 0.393 e. The molecular weight excluding hydrogens is 300 g/mol. The average Bonchev–Trinajstić information content (AvgIpc) is 2.83. The summed E-state index contributed by atoms with van der Waals surface area (Å²) in [5, 5.41) is 31.7. The van der Waals surface area contributed by atoms with Crippen LogP contribution in [0.2, 0.25) is 0 Å². The van der Waals surface area contributed by atoms with E-state index in [2.05, 4.69) is 19.8 Å². The Morgan fingerprint density at radius 2 is 1.92 bits per heavy atom. The molecule has 3 saturated carbocycles. The maximum Gasteiger partial charge on any atom is 0.0758 e. The van der Waals surface area contributed by atoms with Crippen molar-refractivity contribution in [3.8, 4) is 12.3 Å². The number of hydrogen-bond acceptors (Lipinski definition) is 3. The van der Waals surface area contributed by atoms with E-state index in [0.29, 0.717) is 12.3 Å². The van der Waals surface area contributed by atoms with Gasteiger partial charge in [0.05, 0.1) is 18.3 Å². The van der Waals surface area contributed by atoms with E-state index in [-0.39, 0.29) is 40.8 Å². The van der Waals surface area contributed by atoms with Gasteiger partial charge in [-0.05, 0) is 67.1 Å². The lowest BCUT2D eigenvalue weighted by Gasteiger charge is -2.60. The molecule has 0 aliphatic heterocycles. The minimum Gasteiger partial charge on any atom is -0.393 e. The molecule has 0 aromatic carbocycles. The summed E-state index contributed by atoms with van der Waals surface area (Å²) in [5.41, 5.74) is 1.02. The molecule has 4 rings (SSSR count). The fourth-order valence-corrected chi connectivity index (χ4v) is 6.94. The monoisotopic (exact) mass is 330 g/mol. The van der Waals surface area contributed by atoms with E-state index in [1.807, 2.05) is 6.08 Å². The molecule has 0 heterocycles. The van der Waals surface area contributed by atoms with Crippen LogP contribution in [0.4, 0.5) is 0 Å². The van der Waals surface area contributed by atoms with Crippen LogP contribution in [0.25, 0.3) is 0 Å². The molecule has 24 heavy (non-hydrogen) atoms. The van der Waals surface area contributed by atoms with E-state index < -0.39 is 6.10 Å². The first kappa shape index (κ1) is 16.6. The van der Waals surface area contributed by atoms with E-state index in [1.54, 1.807) is 0 Å². The third-order valence-electron chi connectivity index (χ3n) is 8.23. The molecule has 3 heteroatoms. The van der Waals surface area contributed by atoms with E-state index in [1.165, 1.54) is 5.57 Å². The highest BCUT2D eigenvalue weighted by Crippen LogP contribution is 2.66. The van der Waals surface area contributed by atoms with Crippen LogP contribution in [0.3, 0.4) is 0 Å². The second-order valence-electron chi connectivity index (χ2n) is 9.28. The molecule has 0 saturated heterocycles. The third-order valence-corrected chi connectivity index (χ3v) is 8.23. The lowest BCUT2D eigenvalue weighted by molar-refractivity contribution is -0.122. The topological polar surface area (TPSA) is 60.7 Å². The standard InChI is InChI=1S/C21H30O3/c1-4-12-11-21(3)15(5-6-17(21)24)18-16(23)10-13-9-14(22)7-8-20(13,2)19(12)18/h1,10,12,14-19,22-24H,5-9,11H2,2-3H3/t12-,14+,15+,16+,17+,18-,19+,20+,21+/m1/s1. The molecule has 3 nitrogen and oxygen atoms in total. The predicted molar refractivity (Wildman–Crippen MR) is 92.8 cm³/mol. The molecule has 4 aliphatic carbocycles. The minimum atomic E-state index is -0.505. The Labute approximate surface area is 145 Å². The SMILES string of the molecule is C#C[C@@H]1C[C@]2(C)[C@@H](O)CC[C@H]2[C@H]2[C@H]1[C@@]1(C)CC[C@H](O)CC1=C[C@@H]2O. The number of fused-ring (bicyclic) bond motifs is 5. The summed E-state index contributed by atoms with van der Waals surface area (Å²) >= 11 is 0. The molecule has 3 fully saturated rings. The normalized spacial score (nSPS) is 56.5. The van der Waals surface area contributed by atoms with Crippen molar-refractivity contribution in [2.45, 2.75) is 70.7 Å². The number of hydrogen-bond donors (Lipinski definition) is 3. The predicted octanol–water partition coefficient (Wildman–Crippen LogP) is 2.50. The van der Waals surface area contributed by atoms with Gasteiger partial charge in [0.15, 0.2) is 0 Å². The van der Waals surface area contributed by atoms with Gasteiger partial charge in [-0.3, -0.25) is 0 Å². The van der Waals surface area contributed by atoms with Crippen molar-refractivity contribution in [3.63, 3.8) is 0 Å². The number of aliphatic hydroxyl groups excluding tert-OH is 3. The first-order valence-electron chi connectivity index (χ1n) is 9.53. The van der Waals surface area contributed by atoms with Crippen LogP contribution >= 0.6 is 0 Å². The fourth-order valence-electron chi connectivity index (χ4n) is 6.94. The smallest absolute Gasteiger partial charge is 0.0758 e. The maximum absolute atomic E-state index is 11.0. The molecule has 0 aromatic rings. The summed E-state index contributed by atoms with van der Waals surface area (Å²) in [6.45, 7) is 4.47. The van der Waals surface area contributed by atoms with Crippen LogP contribution in [0.1, 0.15) is 52.4 Å². The molecular formula is C21H30O3. The Bertz CT molecular complexity index is 605. The summed E-state index contributed by atoms with van der Waals surface area (Å²) in [6.07, 6.45) is 12.0. The van der Waals surface area contributed by atoms with Crippen LogP contribution in [0, 0.1) is 46.8 Å². The summed E-state index contributed by atoms with van der Waals surface area (Å²) in [4.78, 5) is 0. The molecule has 0 spiro atoms. The highest BCUT2D eigenvalue weighted by atomic mass is 16.3. The van der Waals surface area contributed by atoms with Crippen LogP contribution in [0.5, 0.6) is 0 Å². The van der Waals surface area contributed by atoms with Crippen molar-refractivity contribution in [3.05, 3.63) is 11.6 Å². The highest BCUT2D eigenvalue weighted by molar-refractivity contribution is 5.30. The maximum atomic E-state index is 11.0. The molecule has 0 bridgehead atoms. The van der Waals surface area contributed by atoms with Crippen molar-refractivity contribution in [1.29, 1.82) is 0 Å². The molecule has 4 aliphatic rings. The van der Waals surface area contributed by atoms with E-state index in [0.717, 1.165) is 32.1 Å². The Kier molecular flexibility index (Phi) is 3.70. The number of rotatable bonds is 0. The van der Waals surface area contributed by atoms with Gasteiger partial charge in [0, 0.05) is 5.92 Å². The lowest BCUT2D eigenvalue weighted by Crippen LogP contribution is -2.58. The van der Waals surface area contributed by atoms with Crippen LogP contribution < -0.4 is 0 Å². The molecule has 0 unspecified atom stereocenters. The minimum absolute atomic E-state index is 0.0188. The summed E-state index contributed by atoms with van der Waals surface area (Å²) in [5.74, 6) is 3.85. The van der Waals surface area contributed by atoms with E-state index >= 15 is 0 Å². The van der Waals surface area contributed by atoms with Gasteiger partial charge in [-0.25, -0.2) is 0 Å². The number of terminal acetylenes is 1. The Balaban J connectivity index is 1.81. The van der Waals surface area contributed by atoms with Crippen molar-refractivity contribution in [1.82, 2.24) is 0 Å². The Morgan fingerprint density at radius 1 is 1.17 bits per heavy atom. The van der Waals surface area contributed by atoms with Gasteiger partial charge in [-0.2, -0.15) is 0 Å².